The van der Waals surface area contributed by atoms with Crippen molar-refractivity contribution < 1.29 is 14.3 Å². The van der Waals surface area contributed by atoms with Crippen molar-refractivity contribution in [1.29, 1.82) is 0 Å². The van der Waals surface area contributed by atoms with E-state index in [1.807, 2.05) is 72.8 Å². The number of nitrogens with zero attached hydrogens (tertiary/aromatic N) is 1. The molecule has 0 aliphatic carbocycles. The van der Waals surface area contributed by atoms with Crippen LogP contribution >= 0.6 is 0 Å². The second kappa shape index (κ2) is 20.4. The lowest BCUT2D eigenvalue weighted by Crippen LogP contribution is -2.16. The van der Waals surface area contributed by atoms with E-state index in [2.05, 4.69) is 15.0 Å². The maximum absolute atomic E-state index is 9.85. The van der Waals surface area contributed by atoms with Gasteiger partial charge < -0.3 is 10.1 Å². The van der Waals surface area contributed by atoms with Gasteiger partial charge in [-0.1, -0.05) is 72.8 Å². The van der Waals surface area contributed by atoms with Gasteiger partial charge in [0.25, 0.3) is 0 Å². The van der Waals surface area contributed by atoms with Crippen LogP contribution in [-0.2, 0) is 9.53 Å². The smallest absolute Gasteiger partial charge is 0.406 e. The summed E-state index contributed by atoms with van der Waals surface area (Å²) in [5.74, 6) is 0. The fraction of sp³-hybridized carbons (Fsp3) is 0.176. The zero-order valence-corrected chi connectivity index (χ0v) is 13.1. The average Bonchev–Trinajstić information content (AvgIpc) is 2.65. The molecule has 0 fully saturated rings. The Hall–Kier alpha value is -2.91. The summed E-state index contributed by atoms with van der Waals surface area (Å²) in [6.45, 7) is 0. The number of carbonyl (C=O) groups is 1. The standard InChI is InChI=1S/2C6H6.C3H7NO2.C2H3NO/c2*1-2-4-6-5-3-1;1-4-3(5)6-2;1-3-2-4/h2*1-6H;1-2H3,(H,4,5);1H3. The molecule has 0 heterocycles. The van der Waals surface area contributed by atoms with Crippen LogP contribution in [0.1, 0.15) is 0 Å². The number of ether oxygens (including phenoxy) is 1. The number of alkyl carbamates (subject to hydrolysis) is 1. The number of nitrogens with one attached hydrogen (secondary N) is 1. The Kier molecular flexibility index (Phi) is 19.8. The molecule has 1 amide bonds. The van der Waals surface area contributed by atoms with Crippen LogP contribution in [0, 0.1) is 0 Å². The molecule has 0 spiro atoms. The first-order valence-corrected chi connectivity index (χ1v) is 6.44. The molecule has 1 N–H and O–H groups in total. The van der Waals surface area contributed by atoms with Crippen molar-refractivity contribution in [3.05, 3.63) is 72.8 Å². The Morgan fingerprint density at radius 2 is 1.09 bits per heavy atom. The lowest BCUT2D eigenvalue weighted by Gasteiger charge is -1.90. The van der Waals surface area contributed by atoms with Crippen LogP contribution in [-0.4, -0.2) is 33.4 Å². The quantitative estimate of drug-likeness (QED) is 0.599. The number of isocyanates is 1. The Balaban J connectivity index is 0. The first kappa shape index (κ1) is 21.4. The van der Waals surface area contributed by atoms with Gasteiger partial charge in [0.05, 0.1) is 7.11 Å². The molecule has 0 aliphatic rings. The maximum Gasteiger partial charge on any atom is 0.406 e. The van der Waals surface area contributed by atoms with E-state index in [1.165, 1.54) is 27.3 Å². The maximum atomic E-state index is 9.85. The fourth-order valence-corrected chi connectivity index (χ4v) is 0.872. The van der Waals surface area contributed by atoms with E-state index in [0.717, 1.165) is 0 Å². The third-order valence-corrected chi connectivity index (χ3v) is 1.81. The number of methoxy groups -OCH3 is 1. The van der Waals surface area contributed by atoms with Crippen LogP contribution in [0.15, 0.2) is 77.8 Å². The second-order valence-corrected chi connectivity index (χ2v) is 3.37. The number of amides is 1. The zero-order valence-electron chi connectivity index (χ0n) is 13.1. The van der Waals surface area contributed by atoms with Crippen molar-refractivity contribution in [3.63, 3.8) is 0 Å². The topological polar surface area (TPSA) is 67.8 Å². The Bertz CT molecular complexity index is 393. The minimum absolute atomic E-state index is 0.407. The normalized spacial score (nSPS) is 7.05. The number of aliphatic imine (C=N–C) groups is 1. The lowest BCUT2D eigenvalue weighted by molar-refractivity contribution is 0.173. The summed E-state index contributed by atoms with van der Waals surface area (Å²) in [4.78, 5) is 21.7. The summed E-state index contributed by atoms with van der Waals surface area (Å²) in [5, 5.41) is 2.25. The summed E-state index contributed by atoms with van der Waals surface area (Å²) < 4.78 is 4.15. The Morgan fingerprint density at radius 1 is 0.864 bits per heavy atom. The molecular formula is C17H22N2O3. The van der Waals surface area contributed by atoms with Crippen LogP contribution in [0.5, 0.6) is 0 Å². The molecule has 0 radical (unpaired) electrons. The van der Waals surface area contributed by atoms with Crippen LogP contribution in [0.25, 0.3) is 0 Å². The van der Waals surface area contributed by atoms with Gasteiger partial charge in [-0.25, -0.2) is 14.6 Å². The van der Waals surface area contributed by atoms with Crippen LogP contribution in [0.4, 0.5) is 4.79 Å². The van der Waals surface area contributed by atoms with Crippen molar-refractivity contribution in [2.45, 2.75) is 0 Å². The molecule has 2 rings (SSSR count). The van der Waals surface area contributed by atoms with Gasteiger partial charge in [-0.15, -0.1) is 0 Å². The van der Waals surface area contributed by atoms with Gasteiger partial charge in [-0.05, 0) is 0 Å². The summed E-state index contributed by atoms with van der Waals surface area (Å²) in [6, 6.07) is 24.0. The molecule has 0 aliphatic heterocycles. The van der Waals surface area contributed by atoms with Crippen LogP contribution in [0.2, 0.25) is 0 Å². The molecule has 0 aromatic heterocycles. The third-order valence-electron chi connectivity index (χ3n) is 1.81. The number of hydrogen-bond donors (Lipinski definition) is 1. The van der Waals surface area contributed by atoms with Gasteiger partial charge in [0.1, 0.15) is 0 Å². The Morgan fingerprint density at radius 3 is 1.14 bits per heavy atom. The van der Waals surface area contributed by atoms with Gasteiger partial charge >= 0.3 is 6.09 Å². The largest absolute Gasteiger partial charge is 0.453 e. The van der Waals surface area contributed by atoms with Gasteiger partial charge in [0.15, 0.2) is 0 Å². The molecule has 0 saturated heterocycles. The van der Waals surface area contributed by atoms with Crippen LogP contribution in [0.3, 0.4) is 0 Å². The van der Waals surface area contributed by atoms with Gasteiger partial charge in [-0.2, -0.15) is 0 Å². The monoisotopic (exact) mass is 302 g/mol. The highest BCUT2D eigenvalue weighted by Crippen LogP contribution is 1.80. The fourth-order valence-electron chi connectivity index (χ4n) is 0.872. The average molecular weight is 302 g/mol. The summed E-state index contributed by atoms with van der Waals surface area (Å²) in [5.41, 5.74) is 0. The van der Waals surface area contributed by atoms with E-state index in [4.69, 9.17) is 4.79 Å². The third kappa shape index (κ3) is 22.3. The number of rotatable bonds is 0. The van der Waals surface area contributed by atoms with E-state index < -0.39 is 6.09 Å². The molecule has 118 valence electrons. The molecule has 5 heteroatoms. The molecular weight excluding hydrogens is 280 g/mol. The molecule has 2 aromatic rings. The van der Waals surface area contributed by atoms with E-state index in [0.29, 0.717) is 0 Å². The van der Waals surface area contributed by atoms with Crippen molar-refractivity contribution in [2.24, 2.45) is 4.99 Å². The number of hydrogen-bond acceptors (Lipinski definition) is 4. The minimum Gasteiger partial charge on any atom is -0.453 e. The van der Waals surface area contributed by atoms with Gasteiger partial charge in [0.2, 0.25) is 6.08 Å². The molecule has 5 nitrogen and oxygen atoms in total. The second-order valence-electron chi connectivity index (χ2n) is 3.37. The predicted molar refractivity (Wildman–Crippen MR) is 88.4 cm³/mol. The highest BCUT2D eigenvalue weighted by molar-refractivity contribution is 5.66. The molecule has 22 heavy (non-hydrogen) atoms. The van der Waals surface area contributed by atoms with Crippen LogP contribution < -0.4 is 5.32 Å². The predicted octanol–water partition coefficient (Wildman–Crippen LogP) is 3.30. The van der Waals surface area contributed by atoms with E-state index in [9.17, 15) is 4.79 Å². The minimum atomic E-state index is -0.407. The summed E-state index contributed by atoms with van der Waals surface area (Å²) in [7, 11) is 4.21. The van der Waals surface area contributed by atoms with Gasteiger partial charge in [0, 0.05) is 14.1 Å². The van der Waals surface area contributed by atoms with Crippen molar-refractivity contribution in [1.82, 2.24) is 5.32 Å². The lowest BCUT2D eigenvalue weighted by atomic mass is 10.4. The SMILES string of the molecule is CN=C=O.CNC(=O)OC.c1ccccc1.c1ccccc1. The molecule has 0 atom stereocenters. The zero-order chi connectivity index (χ0) is 16.9. The number of carbonyl (C=O) groups excluding carboxylic acids is 2. The number of benzene rings is 2. The molecule has 0 unspecified atom stereocenters. The molecule has 0 bridgehead atoms. The highest BCUT2D eigenvalue weighted by atomic mass is 16.5. The van der Waals surface area contributed by atoms with Crippen molar-refractivity contribution in [2.75, 3.05) is 21.2 Å². The molecule has 0 saturated carbocycles. The molecule has 2 aromatic carbocycles. The first-order valence-electron chi connectivity index (χ1n) is 6.44. The summed E-state index contributed by atoms with van der Waals surface area (Å²) >= 11 is 0. The van der Waals surface area contributed by atoms with Crippen molar-refractivity contribution >= 4 is 12.2 Å². The van der Waals surface area contributed by atoms with Crippen molar-refractivity contribution in [3.8, 4) is 0 Å². The first-order chi connectivity index (χ1) is 10.7. The van der Waals surface area contributed by atoms with E-state index in [1.54, 1.807) is 0 Å². The van der Waals surface area contributed by atoms with E-state index >= 15 is 0 Å². The summed E-state index contributed by atoms with van der Waals surface area (Å²) in [6.07, 6.45) is 0.898. The Labute approximate surface area is 131 Å². The van der Waals surface area contributed by atoms with Gasteiger partial charge in [-0.3, -0.25) is 0 Å². The van der Waals surface area contributed by atoms with E-state index in [-0.39, 0.29) is 0 Å². The highest BCUT2D eigenvalue weighted by Gasteiger charge is 1.85.